The van der Waals surface area contributed by atoms with Crippen molar-refractivity contribution in [3.05, 3.63) is 83.1 Å². The molecule has 3 aromatic carbocycles. The molecule has 0 N–H and O–H groups in total. The smallest absolute Gasteiger partial charge is 0.228 e. The van der Waals surface area contributed by atoms with Gasteiger partial charge in [-0.2, -0.15) is 0 Å². The Labute approximate surface area is 212 Å². The van der Waals surface area contributed by atoms with Crippen LogP contribution >= 0.6 is 0 Å². The second-order valence-corrected chi connectivity index (χ2v) is 9.31. The van der Waals surface area contributed by atoms with Gasteiger partial charge in [-0.05, 0) is 62.2 Å². The maximum atomic E-state index is 13.6. The standard InChI is InChI=1S/C31H33NO4/c1-4-32(5-2)16-18-34-25-14-12-22(13-15-25)29-26-19-24-7-6-17-35-27(24)20-28(26)36-31(29)30(33)23-10-8-21(3)9-11-23/h8-15,19-20H,4-7,16-18H2,1-3H3. The van der Waals surface area contributed by atoms with Gasteiger partial charge in [0.25, 0.3) is 0 Å². The number of carbonyl (C=O) groups is 1. The van der Waals surface area contributed by atoms with Gasteiger partial charge in [-0.3, -0.25) is 4.79 Å². The Bertz CT molecular complexity index is 1350. The van der Waals surface area contributed by atoms with E-state index < -0.39 is 0 Å². The Morgan fingerprint density at radius 1 is 1.00 bits per heavy atom. The van der Waals surface area contributed by atoms with Crippen molar-refractivity contribution in [2.45, 2.75) is 33.6 Å². The highest BCUT2D eigenvalue weighted by Gasteiger charge is 2.25. The largest absolute Gasteiger partial charge is 0.493 e. The lowest BCUT2D eigenvalue weighted by Crippen LogP contribution is -2.27. The van der Waals surface area contributed by atoms with Gasteiger partial charge < -0.3 is 18.8 Å². The summed E-state index contributed by atoms with van der Waals surface area (Å²) in [5.74, 6) is 1.89. The number of ether oxygens (including phenoxy) is 2. The van der Waals surface area contributed by atoms with Crippen molar-refractivity contribution >= 4 is 16.8 Å². The van der Waals surface area contributed by atoms with Gasteiger partial charge in [0.15, 0.2) is 5.76 Å². The predicted octanol–water partition coefficient (Wildman–Crippen LogP) is 6.68. The lowest BCUT2D eigenvalue weighted by Gasteiger charge is -2.18. The summed E-state index contributed by atoms with van der Waals surface area (Å²) in [5, 5.41) is 0.935. The topological polar surface area (TPSA) is 51.9 Å². The molecule has 0 aliphatic carbocycles. The van der Waals surface area contributed by atoms with E-state index in [1.165, 1.54) is 0 Å². The molecule has 1 aliphatic heterocycles. The zero-order valence-corrected chi connectivity index (χ0v) is 21.3. The van der Waals surface area contributed by atoms with Gasteiger partial charge >= 0.3 is 0 Å². The number of fused-ring (bicyclic) bond motifs is 2. The number of furan rings is 1. The molecule has 0 amide bonds. The van der Waals surface area contributed by atoms with Gasteiger partial charge in [-0.25, -0.2) is 0 Å². The van der Waals surface area contributed by atoms with Crippen LogP contribution in [0.2, 0.25) is 0 Å². The molecule has 186 valence electrons. The van der Waals surface area contributed by atoms with Crippen molar-refractivity contribution in [1.29, 1.82) is 0 Å². The Balaban J connectivity index is 1.52. The zero-order valence-electron chi connectivity index (χ0n) is 21.3. The van der Waals surface area contributed by atoms with Crippen LogP contribution in [0, 0.1) is 6.92 Å². The summed E-state index contributed by atoms with van der Waals surface area (Å²) in [4.78, 5) is 16.0. The van der Waals surface area contributed by atoms with E-state index >= 15 is 0 Å². The molecule has 5 heteroatoms. The van der Waals surface area contributed by atoms with E-state index in [9.17, 15) is 4.79 Å². The van der Waals surface area contributed by atoms with Gasteiger partial charge in [-0.1, -0.05) is 55.8 Å². The molecule has 0 atom stereocenters. The maximum absolute atomic E-state index is 13.6. The number of carbonyl (C=O) groups excluding carboxylic acids is 1. The molecule has 0 bridgehead atoms. The van der Waals surface area contributed by atoms with Crippen LogP contribution < -0.4 is 9.47 Å². The highest BCUT2D eigenvalue weighted by atomic mass is 16.5. The third-order valence-electron chi connectivity index (χ3n) is 6.95. The van der Waals surface area contributed by atoms with Crippen LogP contribution in [0.5, 0.6) is 11.5 Å². The number of nitrogens with zero attached hydrogens (tertiary/aromatic N) is 1. The maximum Gasteiger partial charge on any atom is 0.228 e. The zero-order chi connectivity index (χ0) is 25.1. The van der Waals surface area contributed by atoms with Gasteiger partial charge in [0.2, 0.25) is 5.78 Å². The van der Waals surface area contributed by atoms with E-state index in [2.05, 4.69) is 24.8 Å². The molecule has 2 heterocycles. The Hall–Kier alpha value is -3.57. The van der Waals surface area contributed by atoms with Crippen LogP contribution in [0.4, 0.5) is 0 Å². The minimum absolute atomic E-state index is 0.125. The minimum atomic E-state index is -0.125. The molecule has 0 saturated heterocycles. The Morgan fingerprint density at radius 2 is 1.75 bits per heavy atom. The first-order valence-electron chi connectivity index (χ1n) is 12.9. The Kier molecular flexibility index (Phi) is 7.10. The van der Waals surface area contributed by atoms with Gasteiger partial charge in [0.1, 0.15) is 23.7 Å². The van der Waals surface area contributed by atoms with Gasteiger partial charge in [0, 0.05) is 29.1 Å². The fourth-order valence-electron chi connectivity index (χ4n) is 4.78. The molecule has 1 aromatic heterocycles. The molecular weight excluding hydrogens is 450 g/mol. The lowest BCUT2D eigenvalue weighted by atomic mass is 9.95. The summed E-state index contributed by atoms with van der Waals surface area (Å²) in [6.45, 7) is 10.6. The molecule has 0 saturated carbocycles. The van der Waals surface area contributed by atoms with E-state index in [1.807, 2.05) is 61.5 Å². The van der Waals surface area contributed by atoms with Crippen molar-refractivity contribution in [2.24, 2.45) is 0 Å². The summed E-state index contributed by atoms with van der Waals surface area (Å²) in [5.41, 5.74) is 5.29. The van der Waals surface area contributed by atoms with Crippen molar-refractivity contribution in [2.75, 3.05) is 32.8 Å². The number of likely N-dealkylation sites (N-methyl/N-ethyl adjacent to an activating group) is 1. The van der Waals surface area contributed by atoms with Gasteiger partial charge in [-0.15, -0.1) is 0 Å². The molecule has 36 heavy (non-hydrogen) atoms. The average molecular weight is 484 g/mol. The van der Waals surface area contributed by atoms with Gasteiger partial charge in [0.05, 0.1) is 6.61 Å². The van der Waals surface area contributed by atoms with Crippen LogP contribution in [0.1, 0.15) is 47.5 Å². The first-order valence-corrected chi connectivity index (χ1v) is 12.9. The van der Waals surface area contributed by atoms with Crippen molar-refractivity contribution in [3.63, 3.8) is 0 Å². The summed E-state index contributed by atoms with van der Waals surface area (Å²) >= 11 is 0. The van der Waals surface area contributed by atoms with E-state index in [4.69, 9.17) is 13.9 Å². The van der Waals surface area contributed by atoms with Crippen molar-refractivity contribution in [1.82, 2.24) is 4.90 Å². The predicted molar refractivity (Wildman–Crippen MR) is 143 cm³/mol. The van der Waals surface area contributed by atoms with E-state index in [1.54, 1.807) is 0 Å². The van der Waals surface area contributed by atoms with Crippen molar-refractivity contribution < 1.29 is 18.7 Å². The molecule has 0 fully saturated rings. The Morgan fingerprint density at radius 3 is 2.47 bits per heavy atom. The molecular formula is C31H33NO4. The molecule has 0 unspecified atom stereocenters. The minimum Gasteiger partial charge on any atom is -0.493 e. The molecule has 4 aromatic rings. The fourth-order valence-corrected chi connectivity index (χ4v) is 4.78. The number of ketones is 1. The third kappa shape index (κ3) is 4.89. The van der Waals surface area contributed by atoms with Crippen LogP contribution in [-0.2, 0) is 6.42 Å². The van der Waals surface area contributed by atoms with E-state index in [0.29, 0.717) is 30.1 Å². The summed E-state index contributed by atoms with van der Waals surface area (Å²) < 4.78 is 18.1. The molecule has 1 aliphatic rings. The van der Waals surface area contributed by atoms with Crippen LogP contribution in [-0.4, -0.2) is 43.5 Å². The monoisotopic (exact) mass is 483 g/mol. The molecule has 0 spiro atoms. The highest BCUT2D eigenvalue weighted by Crippen LogP contribution is 2.40. The summed E-state index contributed by atoms with van der Waals surface area (Å²) in [7, 11) is 0. The quantitative estimate of drug-likeness (QED) is 0.248. The second-order valence-electron chi connectivity index (χ2n) is 9.31. The number of hydrogen-bond donors (Lipinski definition) is 0. The van der Waals surface area contributed by atoms with Crippen LogP contribution in [0.25, 0.3) is 22.1 Å². The molecule has 5 nitrogen and oxygen atoms in total. The number of hydrogen-bond acceptors (Lipinski definition) is 5. The average Bonchev–Trinajstić information content (AvgIpc) is 3.28. The summed E-state index contributed by atoms with van der Waals surface area (Å²) in [6.07, 6.45) is 1.94. The second kappa shape index (κ2) is 10.6. The number of benzene rings is 3. The van der Waals surface area contributed by atoms with E-state index in [0.717, 1.165) is 71.6 Å². The first-order chi connectivity index (χ1) is 17.6. The third-order valence-corrected chi connectivity index (χ3v) is 6.95. The van der Waals surface area contributed by atoms with Crippen LogP contribution in [0.15, 0.2) is 65.1 Å². The summed E-state index contributed by atoms with van der Waals surface area (Å²) in [6, 6.07) is 19.6. The van der Waals surface area contributed by atoms with E-state index in [-0.39, 0.29) is 5.78 Å². The number of rotatable bonds is 9. The van der Waals surface area contributed by atoms with Crippen molar-refractivity contribution in [3.8, 4) is 22.6 Å². The first kappa shape index (κ1) is 24.1. The highest BCUT2D eigenvalue weighted by molar-refractivity contribution is 6.15. The normalized spacial score (nSPS) is 13.0. The number of aryl methyl sites for hydroxylation is 2. The molecule has 0 radical (unpaired) electrons. The fraction of sp³-hybridized carbons (Fsp3) is 0.323. The lowest BCUT2D eigenvalue weighted by molar-refractivity contribution is 0.101. The van der Waals surface area contributed by atoms with Crippen LogP contribution in [0.3, 0.4) is 0 Å². The SMILES string of the molecule is CCN(CC)CCOc1ccc(-c2c(C(=O)c3ccc(C)cc3)oc3cc4c(cc23)CCCO4)cc1. The molecule has 5 rings (SSSR count).